The first-order chi connectivity index (χ1) is 6.74. The number of ether oxygens (including phenoxy) is 1. The fraction of sp³-hybridized carbons (Fsp3) is 0.750. The molecule has 80 valence electrons. The highest BCUT2D eigenvalue weighted by Gasteiger charge is 2.12. The molecular weight excluding hydrogens is 176 g/mol. The highest BCUT2D eigenvalue weighted by Crippen LogP contribution is 2.24. The van der Waals surface area contributed by atoms with Crippen molar-refractivity contribution in [3.05, 3.63) is 11.6 Å². The van der Waals surface area contributed by atoms with Crippen LogP contribution in [0.5, 0.6) is 0 Å². The molecule has 1 aliphatic rings. The van der Waals surface area contributed by atoms with Gasteiger partial charge in [-0.2, -0.15) is 0 Å². The zero-order valence-corrected chi connectivity index (χ0v) is 9.21. The summed E-state index contributed by atoms with van der Waals surface area (Å²) in [5, 5.41) is 0. The van der Waals surface area contributed by atoms with E-state index in [9.17, 15) is 4.79 Å². The number of rotatable bonds is 2. The van der Waals surface area contributed by atoms with E-state index in [4.69, 9.17) is 0 Å². The Morgan fingerprint density at radius 3 is 2.29 bits per heavy atom. The molecule has 0 aliphatic heterocycles. The average Bonchev–Trinajstić information content (AvgIpc) is 2.45. The number of allylic oxidation sites excluding steroid dienone is 1. The molecule has 0 aromatic rings. The van der Waals surface area contributed by atoms with Gasteiger partial charge < -0.3 is 4.74 Å². The Morgan fingerprint density at radius 2 is 1.79 bits per heavy atom. The van der Waals surface area contributed by atoms with E-state index in [1.165, 1.54) is 45.6 Å². The molecule has 0 heterocycles. The molecular formula is C12H20O2. The molecule has 0 saturated heterocycles. The van der Waals surface area contributed by atoms with Crippen molar-refractivity contribution in [2.24, 2.45) is 5.92 Å². The van der Waals surface area contributed by atoms with Gasteiger partial charge in [0.15, 0.2) is 0 Å². The van der Waals surface area contributed by atoms with Crippen LogP contribution in [0.15, 0.2) is 11.6 Å². The Kier molecular flexibility index (Phi) is 4.71. The van der Waals surface area contributed by atoms with Gasteiger partial charge in [-0.05, 0) is 25.7 Å². The third-order valence-electron chi connectivity index (χ3n) is 2.89. The number of hydrogen-bond acceptors (Lipinski definition) is 2. The predicted molar refractivity (Wildman–Crippen MR) is 57.0 cm³/mol. The van der Waals surface area contributed by atoms with Gasteiger partial charge in [-0.25, -0.2) is 4.79 Å². The summed E-state index contributed by atoms with van der Waals surface area (Å²) in [4.78, 5) is 11.2. The van der Waals surface area contributed by atoms with Gasteiger partial charge in [0.25, 0.3) is 0 Å². The van der Waals surface area contributed by atoms with E-state index in [-0.39, 0.29) is 5.97 Å². The van der Waals surface area contributed by atoms with E-state index in [0.717, 1.165) is 5.57 Å². The fourth-order valence-corrected chi connectivity index (χ4v) is 2.06. The second-order valence-electron chi connectivity index (χ2n) is 4.09. The van der Waals surface area contributed by atoms with Crippen LogP contribution in [-0.4, -0.2) is 13.1 Å². The topological polar surface area (TPSA) is 26.3 Å². The van der Waals surface area contributed by atoms with Gasteiger partial charge in [0, 0.05) is 5.57 Å². The van der Waals surface area contributed by atoms with Crippen molar-refractivity contribution < 1.29 is 9.53 Å². The minimum absolute atomic E-state index is 0.186. The number of methoxy groups -OCH3 is 1. The molecule has 0 bridgehead atoms. The molecule has 2 heteroatoms. The van der Waals surface area contributed by atoms with E-state index in [0.29, 0.717) is 5.92 Å². The summed E-state index contributed by atoms with van der Waals surface area (Å²) in [5.74, 6) is 0.408. The molecule has 0 N–H and O–H groups in total. The molecule has 1 rings (SSSR count). The fourth-order valence-electron chi connectivity index (χ4n) is 2.06. The van der Waals surface area contributed by atoms with Crippen LogP contribution in [0.25, 0.3) is 0 Å². The van der Waals surface area contributed by atoms with E-state index in [2.05, 4.69) is 10.8 Å². The first-order valence-corrected chi connectivity index (χ1v) is 5.51. The predicted octanol–water partition coefficient (Wildman–Crippen LogP) is 3.08. The lowest BCUT2D eigenvalue weighted by molar-refractivity contribution is -0.136. The van der Waals surface area contributed by atoms with E-state index >= 15 is 0 Å². The average molecular weight is 196 g/mol. The highest BCUT2D eigenvalue weighted by molar-refractivity contribution is 5.87. The van der Waals surface area contributed by atoms with Crippen molar-refractivity contribution in [1.82, 2.24) is 0 Å². The molecule has 0 spiro atoms. The molecule has 1 fully saturated rings. The van der Waals surface area contributed by atoms with Gasteiger partial charge in [0.1, 0.15) is 0 Å². The van der Waals surface area contributed by atoms with E-state index in [1.54, 1.807) is 0 Å². The summed E-state index contributed by atoms with van der Waals surface area (Å²) in [6.07, 6.45) is 9.86. The van der Waals surface area contributed by atoms with Gasteiger partial charge in [0.2, 0.25) is 0 Å². The second-order valence-corrected chi connectivity index (χ2v) is 4.09. The van der Waals surface area contributed by atoms with Gasteiger partial charge in [-0.3, -0.25) is 0 Å². The normalized spacial score (nSPS) is 20.3. The van der Waals surface area contributed by atoms with Crippen LogP contribution >= 0.6 is 0 Å². The Labute approximate surface area is 86.3 Å². The molecule has 14 heavy (non-hydrogen) atoms. The SMILES string of the molecule is COC(=O)C(C)=CC1CCCCCC1. The second kappa shape index (κ2) is 5.84. The largest absolute Gasteiger partial charge is 0.466 e. The lowest BCUT2D eigenvalue weighted by Crippen LogP contribution is -2.04. The Bertz CT molecular complexity index is 210. The molecule has 0 amide bonds. The maximum absolute atomic E-state index is 11.2. The molecule has 0 aromatic heterocycles. The van der Waals surface area contributed by atoms with Crippen molar-refractivity contribution >= 4 is 5.97 Å². The number of carbonyl (C=O) groups excluding carboxylic acids is 1. The van der Waals surface area contributed by atoms with Gasteiger partial charge in [-0.15, -0.1) is 0 Å². The summed E-state index contributed by atoms with van der Waals surface area (Å²) in [7, 11) is 1.44. The van der Waals surface area contributed by atoms with Gasteiger partial charge >= 0.3 is 5.97 Å². The summed E-state index contributed by atoms with van der Waals surface area (Å²) in [6.45, 7) is 1.84. The molecule has 0 atom stereocenters. The van der Waals surface area contributed by atoms with E-state index < -0.39 is 0 Å². The summed E-state index contributed by atoms with van der Waals surface area (Å²) >= 11 is 0. The minimum Gasteiger partial charge on any atom is -0.466 e. The standard InChI is InChI=1S/C12H20O2/c1-10(12(13)14-2)9-11-7-5-3-4-6-8-11/h9,11H,3-8H2,1-2H3. The zero-order chi connectivity index (χ0) is 10.4. The smallest absolute Gasteiger partial charge is 0.333 e. The summed E-state index contributed by atoms with van der Waals surface area (Å²) in [5.41, 5.74) is 0.763. The zero-order valence-electron chi connectivity index (χ0n) is 9.21. The van der Waals surface area contributed by atoms with Gasteiger partial charge in [0.05, 0.1) is 7.11 Å². The van der Waals surface area contributed by atoms with Crippen molar-refractivity contribution in [1.29, 1.82) is 0 Å². The maximum atomic E-state index is 11.2. The van der Waals surface area contributed by atoms with Crippen LogP contribution in [0.1, 0.15) is 45.4 Å². The van der Waals surface area contributed by atoms with Crippen molar-refractivity contribution in [3.8, 4) is 0 Å². The van der Waals surface area contributed by atoms with Crippen molar-refractivity contribution in [2.75, 3.05) is 7.11 Å². The summed E-state index contributed by atoms with van der Waals surface area (Å²) < 4.78 is 4.68. The first-order valence-electron chi connectivity index (χ1n) is 5.51. The molecule has 1 saturated carbocycles. The van der Waals surface area contributed by atoms with Crippen LogP contribution in [0.4, 0.5) is 0 Å². The molecule has 1 aliphatic carbocycles. The first kappa shape index (κ1) is 11.3. The molecule has 0 aromatic carbocycles. The minimum atomic E-state index is -0.186. The third kappa shape index (κ3) is 3.52. The van der Waals surface area contributed by atoms with Crippen LogP contribution < -0.4 is 0 Å². The number of hydrogen-bond donors (Lipinski definition) is 0. The van der Waals surface area contributed by atoms with Crippen LogP contribution in [0.2, 0.25) is 0 Å². The summed E-state index contributed by atoms with van der Waals surface area (Å²) in [6, 6.07) is 0. The van der Waals surface area contributed by atoms with Crippen LogP contribution in [-0.2, 0) is 9.53 Å². The van der Waals surface area contributed by atoms with Crippen molar-refractivity contribution in [2.45, 2.75) is 45.4 Å². The lowest BCUT2D eigenvalue weighted by atomic mass is 9.98. The molecule has 2 nitrogen and oxygen atoms in total. The molecule has 0 unspecified atom stereocenters. The monoisotopic (exact) mass is 196 g/mol. The maximum Gasteiger partial charge on any atom is 0.333 e. The van der Waals surface area contributed by atoms with Crippen LogP contribution in [0.3, 0.4) is 0 Å². The Balaban J connectivity index is 2.50. The van der Waals surface area contributed by atoms with E-state index in [1.807, 2.05) is 6.92 Å². The third-order valence-corrected chi connectivity index (χ3v) is 2.89. The number of carbonyl (C=O) groups is 1. The quantitative estimate of drug-likeness (QED) is 0.385. The Morgan fingerprint density at radius 1 is 1.21 bits per heavy atom. The molecule has 0 radical (unpaired) electrons. The lowest BCUT2D eigenvalue weighted by Gasteiger charge is -2.09. The number of esters is 1. The van der Waals surface area contributed by atoms with Gasteiger partial charge in [-0.1, -0.05) is 31.8 Å². The van der Waals surface area contributed by atoms with Crippen molar-refractivity contribution in [3.63, 3.8) is 0 Å². The highest BCUT2D eigenvalue weighted by atomic mass is 16.5. The van der Waals surface area contributed by atoms with Crippen LogP contribution in [0, 0.1) is 5.92 Å². The Hall–Kier alpha value is -0.790.